The van der Waals surface area contributed by atoms with Crippen molar-refractivity contribution in [3.8, 4) is 0 Å². The summed E-state index contributed by atoms with van der Waals surface area (Å²) < 4.78 is 31.9. The fourth-order valence-corrected chi connectivity index (χ4v) is 3.46. The maximum Gasteiger partial charge on any atom is 0.308 e. The molecule has 0 aliphatic carbocycles. The summed E-state index contributed by atoms with van der Waals surface area (Å²) in [5.74, 6) is -0.431. The summed E-state index contributed by atoms with van der Waals surface area (Å²) in [6, 6.07) is 0. The van der Waals surface area contributed by atoms with E-state index in [0.29, 0.717) is 39.0 Å². The number of methoxy groups -OCH3 is 1. The molecule has 0 amide bonds. The highest BCUT2D eigenvalue weighted by atomic mass is 32.2. The van der Waals surface area contributed by atoms with E-state index in [4.69, 9.17) is 0 Å². The molecule has 0 aromatic rings. The fourth-order valence-electron chi connectivity index (χ4n) is 2.07. The standard InChI is InChI=1S/C11H23N3O4S/c1-12-6-9-13(2)19(16,17)14-7-4-10(5-8-14)11(15)18-3/h10,12H,4-9H2,1-3H3. The fraction of sp³-hybridized carbons (Fsp3) is 0.909. The largest absolute Gasteiger partial charge is 0.469 e. The third-order valence-corrected chi connectivity index (χ3v) is 5.37. The lowest BCUT2D eigenvalue weighted by atomic mass is 9.99. The van der Waals surface area contributed by atoms with Gasteiger partial charge in [0.2, 0.25) is 0 Å². The van der Waals surface area contributed by atoms with Crippen LogP contribution in [0.4, 0.5) is 0 Å². The molecule has 7 nitrogen and oxygen atoms in total. The topological polar surface area (TPSA) is 79.0 Å². The molecule has 0 aromatic heterocycles. The number of rotatable bonds is 6. The zero-order chi connectivity index (χ0) is 14.5. The molecule has 1 N–H and O–H groups in total. The van der Waals surface area contributed by atoms with E-state index in [2.05, 4.69) is 10.1 Å². The molecule has 1 aliphatic rings. The van der Waals surface area contributed by atoms with Crippen molar-refractivity contribution in [1.29, 1.82) is 0 Å². The number of nitrogens with one attached hydrogen (secondary N) is 1. The summed E-state index contributed by atoms with van der Waals surface area (Å²) >= 11 is 0. The van der Waals surface area contributed by atoms with Crippen molar-refractivity contribution < 1.29 is 17.9 Å². The molecule has 0 aromatic carbocycles. The number of carbonyl (C=O) groups excluding carboxylic acids is 1. The molecule has 19 heavy (non-hydrogen) atoms. The van der Waals surface area contributed by atoms with Crippen LogP contribution >= 0.6 is 0 Å². The number of hydrogen-bond acceptors (Lipinski definition) is 5. The monoisotopic (exact) mass is 293 g/mol. The van der Waals surface area contributed by atoms with Crippen molar-refractivity contribution in [3.63, 3.8) is 0 Å². The number of piperidine rings is 1. The smallest absolute Gasteiger partial charge is 0.308 e. The van der Waals surface area contributed by atoms with E-state index in [9.17, 15) is 13.2 Å². The molecule has 0 atom stereocenters. The van der Waals surface area contributed by atoms with Crippen molar-refractivity contribution in [1.82, 2.24) is 13.9 Å². The zero-order valence-corrected chi connectivity index (χ0v) is 12.6. The van der Waals surface area contributed by atoms with Gasteiger partial charge in [0.15, 0.2) is 0 Å². The first kappa shape index (κ1) is 16.4. The summed E-state index contributed by atoms with van der Waals surface area (Å²) in [7, 11) is 1.29. The Morgan fingerprint density at radius 2 is 2.00 bits per heavy atom. The molecule has 0 spiro atoms. The van der Waals surface area contributed by atoms with Gasteiger partial charge in [-0.25, -0.2) is 0 Å². The summed E-state index contributed by atoms with van der Waals surface area (Å²) in [6.07, 6.45) is 1.04. The van der Waals surface area contributed by atoms with Crippen LogP contribution in [0.15, 0.2) is 0 Å². The van der Waals surface area contributed by atoms with Gasteiger partial charge in [-0.3, -0.25) is 4.79 Å². The van der Waals surface area contributed by atoms with Crippen molar-refractivity contribution in [2.24, 2.45) is 5.92 Å². The highest BCUT2D eigenvalue weighted by Gasteiger charge is 2.33. The lowest BCUT2D eigenvalue weighted by Gasteiger charge is -2.32. The summed E-state index contributed by atoms with van der Waals surface area (Å²) in [4.78, 5) is 11.4. The van der Waals surface area contributed by atoms with Crippen LogP contribution in [-0.2, 0) is 19.7 Å². The first-order valence-electron chi connectivity index (χ1n) is 6.37. The highest BCUT2D eigenvalue weighted by molar-refractivity contribution is 7.86. The summed E-state index contributed by atoms with van der Waals surface area (Å²) in [5.41, 5.74) is 0. The molecule has 0 saturated carbocycles. The van der Waals surface area contributed by atoms with E-state index in [1.165, 1.54) is 15.7 Å². The first-order chi connectivity index (χ1) is 8.93. The molecule has 1 saturated heterocycles. The van der Waals surface area contributed by atoms with Crippen LogP contribution < -0.4 is 5.32 Å². The van der Waals surface area contributed by atoms with Crippen LogP contribution in [0.3, 0.4) is 0 Å². The van der Waals surface area contributed by atoms with Gasteiger partial charge in [0.25, 0.3) is 10.2 Å². The Morgan fingerprint density at radius 3 is 2.47 bits per heavy atom. The Hall–Kier alpha value is -0.700. The predicted molar refractivity (Wildman–Crippen MR) is 71.8 cm³/mol. The minimum Gasteiger partial charge on any atom is -0.469 e. The van der Waals surface area contributed by atoms with Gasteiger partial charge in [0, 0.05) is 33.2 Å². The normalized spacial score (nSPS) is 18.7. The van der Waals surface area contributed by atoms with Crippen LogP contribution in [-0.4, -0.2) is 70.4 Å². The molecule has 0 unspecified atom stereocenters. The van der Waals surface area contributed by atoms with Gasteiger partial charge < -0.3 is 10.1 Å². The average molecular weight is 293 g/mol. The van der Waals surface area contributed by atoms with Crippen molar-refractivity contribution >= 4 is 16.2 Å². The molecule has 1 fully saturated rings. The maximum absolute atomic E-state index is 12.2. The highest BCUT2D eigenvalue weighted by Crippen LogP contribution is 2.21. The van der Waals surface area contributed by atoms with Gasteiger partial charge >= 0.3 is 5.97 Å². The summed E-state index contributed by atoms with van der Waals surface area (Å²) in [5, 5.41) is 2.92. The minimum atomic E-state index is -3.42. The van der Waals surface area contributed by atoms with E-state index in [0.717, 1.165) is 0 Å². The van der Waals surface area contributed by atoms with Crippen LogP contribution in [0.25, 0.3) is 0 Å². The predicted octanol–water partition coefficient (Wildman–Crippen LogP) is -0.733. The lowest BCUT2D eigenvalue weighted by Crippen LogP contribution is -2.47. The SMILES string of the molecule is CNCCN(C)S(=O)(=O)N1CCC(C(=O)OC)CC1. The quantitative estimate of drug-likeness (QED) is 0.653. The molecule has 8 heteroatoms. The number of likely N-dealkylation sites (N-methyl/N-ethyl adjacent to an activating group) is 2. The second-order valence-corrected chi connectivity index (χ2v) is 6.66. The van der Waals surface area contributed by atoms with Crippen molar-refractivity contribution in [3.05, 3.63) is 0 Å². The zero-order valence-electron chi connectivity index (χ0n) is 11.8. The van der Waals surface area contributed by atoms with E-state index >= 15 is 0 Å². The van der Waals surface area contributed by atoms with Gasteiger partial charge in [-0.05, 0) is 19.9 Å². The molecular formula is C11H23N3O4S. The van der Waals surface area contributed by atoms with Crippen molar-refractivity contribution in [2.75, 3.05) is 47.4 Å². The Morgan fingerprint density at radius 1 is 1.42 bits per heavy atom. The number of ether oxygens (including phenoxy) is 1. The number of esters is 1. The number of hydrogen-bond donors (Lipinski definition) is 1. The minimum absolute atomic E-state index is 0.181. The number of nitrogens with zero attached hydrogens (tertiary/aromatic N) is 2. The Kier molecular flexibility index (Phi) is 6.18. The molecule has 0 radical (unpaired) electrons. The van der Waals surface area contributed by atoms with Gasteiger partial charge in [0.1, 0.15) is 0 Å². The Bertz CT molecular complexity index is 391. The van der Waals surface area contributed by atoms with Crippen LogP contribution in [0.1, 0.15) is 12.8 Å². The van der Waals surface area contributed by atoms with Crippen LogP contribution in [0, 0.1) is 5.92 Å². The first-order valence-corrected chi connectivity index (χ1v) is 7.77. The second kappa shape index (κ2) is 7.18. The molecule has 112 valence electrons. The third-order valence-electron chi connectivity index (χ3n) is 3.39. The molecule has 0 bridgehead atoms. The van der Waals surface area contributed by atoms with E-state index in [-0.39, 0.29) is 11.9 Å². The van der Waals surface area contributed by atoms with E-state index < -0.39 is 10.2 Å². The second-order valence-electron chi connectivity index (χ2n) is 4.63. The van der Waals surface area contributed by atoms with Gasteiger partial charge in [-0.1, -0.05) is 0 Å². The molecular weight excluding hydrogens is 270 g/mol. The van der Waals surface area contributed by atoms with Crippen LogP contribution in [0.5, 0.6) is 0 Å². The van der Waals surface area contributed by atoms with Gasteiger partial charge in [-0.15, -0.1) is 0 Å². The van der Waals surface area contributed by atoms with Crippen molar-refractivity contribution in [2.45, 2.75) is 12.8 Å². The molecule has 1 heterocycles. The van der Waals surface area contributed by atoms with Crippen LogP contribution in [0.2, 0.25) is 0 Å². The Balaban J connectivity index is 2.56. The number of carbonyl (C=O) groups is 1. The Labute approximate surface area is 115 Å². The van der Waals surface area contributed by atoms with Gasteiger partial charge in [0.05, 0.1) is 13.0 Å². The van der Waals surface area contributed by atoms with E-state index in [1.54, 1.807) is 14.1 Å². The third kappa shape index (κ3) is 4.13. The van der Waals surface area contributed by atoms with Gasteiger partial charge in [-0.2, -0.15) is 17.0 Å². The van der Waals surface area contributed by atoms with E-state index in [1.807, 2.05) is 0 Å². The average Bonchev–Trinajstić information content (AvgIpc) is 2.43. The molecule has 1 rings (SSSR count). The molecule has 1 aliphatic heterocycles. The maximum atomic E-state index is 12.2. The summed E-state index contributed by atoms with van der Waals surface area (Å²) in [6.45, 7) is 1.77. The lowest BCUT2D eigenvalue weighted by molar-refractivity contribution is -0.146.